The van der Waals surface area contributed by atoms with Crippen molar-refractivity contribution in [2.45, 2.75) is 76.7 Å². The third kappa shape index (κ3) is 13.0. The monoisotopic (exact) mass is 564 g/mol. The van der Waals surface area contributed by atoms with Crippen molar-refractivity contribution in [2.75, 3.05) is 33.8 Å². The molecule has 0 aliphatic rings. The van der Waals surface area contributed by atoms with Gasteiger partial charge < -0.3 is 41.6 Å². The van der Waals surface area contributed by atoms with Gasteiger partial charge in [-0.1, -0.05) is 119 Å². The molecule has 0 fully saturated rings. The fraction of sp³-hybridized carbons (Fsp3) is 0.567. The molecule has 0 radical (unpaired) electrons. The number of benzene rings is 2. The zero-order valence-electron chi connectivity index (χ0n) is 22.5. The van der Waals surface area contributed by atoms with Gasteiger partial charge in [0.2, 0.25) is 0 Å². The summed E-state index contributed by atoms with van der Waals surface area (Å²) in [4.78, 5) is 11.3. The van der Waals surface area contributed by atoms with Crippen LogP contribution in [-0.2, 0) is 10.4 Å². The second-order valence-electron chi connectivity index (χ2n) is 10.0. The molecule has 0 unspecified atom stereocenters. The quantitative estimate of drug-likeness (QED) is 0.240. The summed E-state index contributed by atoms with van der Waals surface area (Å²) in [7, 11) is 4.42. The summed E-state index contributed by atoms with van der Waals surface area (Å²) >= 11 is 0. The van der Waals surface area contributed by atoms with E-state index in [0.717, 1.165) is 11.0 Å². The highest BCUT2D eigenvalue weighted by atomic mass is 79.9. The van der Waals surface area contributed by atoms with Crippen molar-refractivity contribution in [3.63, 3.8) is 0 Å². The predicted octanol–water partition coefficient (Wildman–Crippen LogP) is 1.65. The van der Waals surface area contributed by atoms with Crippen LogP contribution in [0.5, 0.6) is 0 Å². The van der Waals surface area contributed by atoms with Crippen molar-refractivity contribution in [3.8, 4) is 0 Å². The third-order valence-electron chi connectivity index (χ3n) is 6.50. The van der Waals surface area contributed by atoms with Crippen LogP contribution in [0.1, 0.15) is 82.3 Å². The van der Waals surface area contributed by atoms with Gasteiger partial charge >= 0.3 is 0 Å². The maximum absolute atomic E-state index is 11.3. The molecule has 0 atom stereocenters. The summed E-state index contributed by atoms with van der Waals surface area (Å²) in [6, 6.07) is 16.4. The number of hydrogen-bond acceptors (Lipinski definition) is 4. The van der Waals surface area contributed by atoms with Crippen LogP contribution in [0.15, 0.2) is 60.7 Å². The molecule has 2 aromatic carbocycles. The van der Waals surface area contributed by atoms with Gasteiger partial charge in [0.25, 0.3) is 0 Å². The van der Waals surface area contributed by atoms with E-state index in [1.807, 2.05) is 0 Å². The van der Waals surface area contributed by atoms with Crippen LogP contribution in [-0.4, -0.2) is 54.5 Å². The lowest BCUT2D eigenvalue weighted by Crippen LogP contribution is -3.00. The highest BCUT2D eigenvalue weighted by Crippen LogP contribution is 2.28. The molecule has 2 rings (SSSR count). The summed E-state index contributed by atoms with van der Waals surface area (Å²) in [6.07, 6.45) is 14.0. The summed E-state index contributed by atoms with van der Waals surface area (Å²) in [5.41, 5.74) is -1.54. The Labute approximate surface area is 229 Å². The first-order chi connectivity index (χ1) is 16.8. The van der Waals surface area contributed by atoms with E-state index >= 15 is 0 Å². The molecule has 0 bridgehead atoms. The molecule has 0 heterocycles. The van der Waals surface area contributed by atoms with Crippen LogP contribution in [0.3, 0.4) is 0 Å². The molecule has 36 heavy (non-hydrogen) atoms. The minimum absolute atomic E-state index is 0. The summed E-state index contributed by atoms with van der Waals surface area (Å²) < 4.78 is 0.966. The number of nitrogens with zero attached hydrogens (tertiary/aromatic N) is 1. The molecular weight excluding hydrogens is 518 g/mol. The number of likely N-dealkylation sites (N-methyl/N-ethyl adjacent to an activating group) is 1. The van der Waals surface area contributed by atoms with Gasteiger partial charge in [-0.3, -0.25) is 0 Å². The normalized spacial score (nSPS) is 11.2. The van der Waals surface area contributed by atoms with Gasteiger partial charge in [-0.2, -0.15) is 0 Å². The molecule has 0 spiro atoms. The van der Waals surface area contributed by atoms with E-state index in [1.165, 1.54) is 70.8 Å². The van der Waals surface area contributed by atoms with Crippen LogP contribution in [0, 0.1) is 0 Å². The largest absolute Gasteiger partial charge is 1.00 e. The van der Waals surface area contributed by atoms with Crippen LogP contribution in [0.25, 0.3) is 0 Å². The fourth-order valence-electron chi connectivity index (χ4n) is 4.17. The van der Waals surface area contributed by atoms with Crippen LogP contribution < -0.4 is 22.1 Å². The number of aliphatic carboxylic acids is 1. The van der Waals surface area contributed by atoms with E-state index in [4.69, 9.17) is 5.11 Å². The number of carboxylic acid groups (broad SMARTS) is 1. The van der Waals surface area contributed by atoms with Crippen LogP contribution in [0.2, 0.25) is 0 Å². The Hall–Kier alpha value is -1.73. The Morgan fingerprint density at radius 2 is 1.14 bits per heavy atom. The Morgan fingerprint density at radius 1 is 0.750 bits per heavy atom. The number of halogens is 1. The van der Waals surface area contributed by atoms with Crippen LogP contribution >= 0.6 is 0 Å². The number of hydrogen-bond donors (Lipinski definition) is 2. The molecule has 0 aromatic heterocycles. The number of unbranched alkanes of at least 4 members (excludes halogenated alkanes) is 9. The molecule has 0 aliphatic carbocycles. The summed E-state index contributed by atoms with van der Waals surface area (Å²) in [5, 5.41) is 30.6. The molecular formula is C30H47BrNO4-. The lowest BCUT2D eigenvalue weighted by Gasteiger charge is -2.30. The van der Waals surface area contributed by atoms with Crippen molar-refractivity contribution in [1.29, 1.82) is 0 Å². The Balaban J connectivity index is 0.000000662. The number of carbonyl (C=O) groups excluding carboxylic acids is 1. The minimum atomic E-state index is -2.11. The van der Waals surface area contributed by atoms with Gasteiger partial charge in [0.1, 0.15) is 6.54 Å². The lowest BCUT2D eigenvalue weighted by molar-refractivity contribution is -0.890. The van der Waals surface area contributed by atoms with E-state index in [0.29, 0.717) is 6.61 Å². The van der Waals surface area contributed by atoms with Crippen molar-refractivity contribution in [3.05, 3.63) is 71.8 Å². The van der Waals surface area contributed by atoms with E-state index in [2.05, 4.69) is 21.0 Å². The second kappa shape index (κ2) is 19.4. The molecule has 0 saturated carbocycles. The van der Waals surface area contributed by atoms with Gasteiger partial charge in [0, 0.05) is 0 Å². The fourth-order valence-corrected chi connectivity index (χ4v) is 4.17. The highest BCUT2D eigenvalue weighted by molar-refractivity contribution is 5.81. The van der Waals surface area contributed by atoms with E-state index < -0.39 is 11.6 Å². The van der Waals surface area contributed by atoms with Gasteiger partial charge in [-0.15, -0.1) is 0 Å². The number of rotatable bonds is 16. The van der Waals surface area contributed by atoms with Crippen molar-refractivity contribution in [2.24, 2.45) is 0 Å². The first-order valence-corrected chi connectivity index (χ1v) is 13.3. The SMILES string of the molecule is CCCCCCCCCCCC[N+](C)(C)CCO.O=C([O-])C(O)(c1ccccc1)c1ccccc1.[Br-]. The molecule has 0 aliphatic heterocycles. The van der Waals surface area contributed by atoms with Gasteiger partial charge in [0.05, 0.1) is 33.2 Å². The Morgan fingerprint density at radius 3 is 1.50 bits per heavy atom. The molecule has 204 valence electrons. The maximum atomic E-state index is 11.3. The smallest absolute Gasteiger partial charge is 0.154 e. The standard InChI is InChI=1S/C16H36NO.C14H12O3.BrH/c1-4-5-6-7-8-9-10-11-12-13-14-17(2,3)15-16-18;15-13(16)14(17,11-7-3-1-4-8-11)12-9-5-2-6-10-12;/h18H,4-16H2,1-3H3;1-10,17H,(H,15,16);1H/q+1;;/p-2. The van der Waals surface area contributed by atoms with Gasteiger partial charge in [-0.05, 0) is 24.0 Å². The van der Waals surface area contributed by atoms with Gasteiger partial charge in [0.15, 0.2) is 5.60 Å². The molecule has 5 nitrogen and oxygen atoms in total. The van der Waals surface area contributed by atoms with E-state index in [1.54, 1.807) is 60.7 Å². The van der Waals surface area contributed by atoms with Crippen molar-refractivity contribution in [1.82, 2.24) is 0 Å². The average Bonchev–Trinajstić information content (AvgIpc) is 2.86. The Kier molecular flexibility index (Phi) is 18.5. The third-order valence-corrected chi connectivity index (χ3v) is 6.50. The van der Waals surface area contributed by atoms with Crippen molar-refractivity contribution >= 4 is 5.97 Å². The number of carboxylic acids is 1. The molecule has 2 aromatic rings. The zero-order valence-corrected chi connectivity index (χ0v) is 24.1. The highest BCUT2D eigenvalue weighted by Gasteiger charge is 2.32. The first-order valence-electron chi connectivity index (χ1n) is 13.3. The van der Waals surface area contributed by atoms with Gasteiger partial charge in [-0.25, -0.2) is 0 Å². The van der Waals surface area contributed by atoms with E-state index in [-0.39, 0.29) is 28.1 Å². The number of aliphatic hydroxyl groups excluding tert-OH is 1. The average molecular weight is 566 g/mol. The minimum Gasteiger partial charge on any atom is -1.00 e. The number of quaternary nitrogens is 1. The lowest BCUT2D eigenvalue weighted by atomic mass is 9.86. The number of aliphatic hydroxyl groups is 2. The Bertz CT molecular complexity index is 760. The van der Waals surface area contributed by atoms with Crippen molar-refractivity contribution < 1.29 is 41.6 Å². The summed E-state index contributed by atoms with van der Waals surface area (Å²) in [6.45, 7) is 4.68. The molecule has 0 amide bonds. The molecule has 2 N–H and O–H groups in total. The van der Waals surface area contributed by atoms with E-state index in [9.17, 15) is 15.0 Å². The second-order valence-corrected chi connectivity index (χ2v) is 10.0. The zero-order chi connectivity index (χ0) is 26.0. The maximum Gasteiger partial charge on any atom is 0.154 e. The topological polar surface area (TPSA) is 80.6 Å². The molecule has 6 heteroatoms. The summed E-state index contributed by atoms with van der Waals surface area (Å²) in [5.74, 6) is -1.53. The predicted molar refractivity (Wildman–Crippen MR) is 142 cm³/mol. The number of carbonyl (C=O) groups is 1. The van der Waals surface area contributed by atoms with Crippen LogP contribution in [0.4, 0.5) is 0 Å². The first kappa shape index (κ1) is 34.3. The molecule has 0 saturated heterocycles.